The minimum absolute atomic E-state index is 0.0251. The third kappa shape index (κ3) is 2.52. The van der Waals surface area contributed by atoms with Crippen LogP contribution in [0.4, 0.5) is 5.69 Å². The minimum Gasteiger partial charge on any atom is -0.389 e. The van der Waals surface area contributed by atoms with Crippen molar-refractivity contribution in [1.29, 1.82) is 0 Å². The summed E-state index contributed by atoms with van der Waals surface area (Å²) < 4.78 is 26.4. The molecule has 6 nitrogen and oxygen atoms in total. The lowest BCUT2D eigenvalue weighted by atomic mass is 10.1. The lowest BCUT2D eigenvalue weighted by molar-refractivity contribution is 0.200. The summed E-state index contributed by atoms with van der Waals surface area (Å²) in [5.41, 5.74) is 0.864. The number of hydrogen-bond donors (Lipinski definition) is 3. The van der Waals surface area contributed by atoms with Gasteiger partial charge in [0.25, 0.3) is 10.0 Å². The van der Waals surface area contributed by atoms with Crippen molar-refractivity contribution >= 4 is 15.7 Å². The third-order valence-electron chi connectivity index (χ3n) is 2.42. The van der Waals surface area contributed by atoms with E-state index in [0.717, 1.165) is 0 Å². The number of aromatic amines is 1. The zero-order valence-corrected chi connectivity index (χ0v) is 10.5. The lowest BCUT2D eigenvalue weighted by Crippen LogP contribution is -2.15. The molecule has 0 radical (unpaired) electrons. The Hall–Kier alpha value is -1.86. The van der Waals surface area contributed by atoms with Gasteiger partial charge in [-0.15, -0.1) is 0 Å². The van der Waals surface area contributed by atoms with E-state index in [1.807, 2.05) is 0 Å². The molecule has 0 spiro atoms. The Kier molecular flexibility index (Phi) is 3.35. The van der Waals surface area contributed by atoms with Crippen LogP contribution in [0.2, 0.25) is 0 Å². The first kappa shape index (κ1) is 12.6. The van der Waals surface area contributed by atoms with Crippen molar-refractivity contribution in [2.24, 2.45) is 0 Å². The van der Waals surface area contributed by atoms with E-state index in [9.17, 15) is 13.5 Å². The Balaban J connectivity index is 2.36. The van der Waals surface area contributed by atoms with E-state index in [0.29, 0.717) is 11.3 Å². The largest absolute Gasteiger partial charge is 0.389 e. The first-order valence-electron chi connectivity index (χ1n) is 5.29. The van der Waals surface area contributed by atoms with Gasteiger partial charge in [0.15, 0.2) is 5.03 Å². The van der Waals surface area contributed by atoms with E-state index in [2.05, 4.69) is 14.7 Å². The molecule has 1 aromatic carbocycles. The second kappa shape index (κ2) is 4.79. The average molecular weight is 267 g/mol. The zero-order chi connectivity index (χ0) is 13.2. The molecule has 1 aromatic heterocycles. The van der Waals surface area contributed by atoms with Crippen LogP contribution < -0.4 is 4.72 Å². The molecule has 0 saturated carbocycles. The van der Waals surface area contributed by atoms with E-state index in [1.54, 1.807) is 31.2 Å². The predicted octanol–water partition coefficient (Wildman–Crippen LogP) is 1.26. The SMILES string of the molecule is CC(O)c1ccccc1NS(=O)(=O)c1cnc[nH]1. The highest BCUT2D eigenvalue weighted by atomic mass is 32.2. The molecule has 2 rings (SSSR count). The van der Waals surface area contributed by atoms with Gasteiger partial charge in [-0.25, -0.2) is 4.98 Å². The van der Waals surface area contributed by atoms with Gasteiger partial charge < -0.3 is 10.1 Å². The monoisotopic (exact) mass is 267 g/mol. The van der Waals surface area contributed by atoms with Gasteiger partial charge in [0.2, 0.25) is 0 Å². The molecular formula is C11H13N3O3S. The topological polar surface area (TPSA) is 95.1 Å². The van der Waals surface area contributed by atoms with Crippen LogP contribution >= 0.6 is 0 Å². The smallest absolute Gasteiger partial charge is 0.278 e. The summed E-state index contributed by atoms with van der Waals surface area (Å²) in [4.78, 5) is 6.19. The fourth-order valence-electron chi connectivity index (χ4n) is 1.54. The number of H-pyrrole nitrogens is 1. The van der Waals surface area contributed by atoms with E-state index < -0.39 is 16.1 Å². The van der Waals surface area contributed by atoms with Crippen molar-refractivity contribution in [2.75, 3.05) is 4.72 Å². The fraction of sp³-hybridized carbons (Fsp3) is 0.182. The number of anilines is 1. The van der Waals surface area contributed by atoms with Gasteiger partial charge in [-0.3, -0.25) is 4.72 Å². The maximum atomic E-state index is 12.0. The average Bonchev–Trinajstić information content (AvgIpc) is 2.83. The molecule has 0 amide bonds. The van der Waals surface area contributed by atoms with Crippen LogP contribution in [0.25, 0.3) is 0 Å². The number of rotatable bonds is 4. The Labute approximate surface area is 105 Å². The number of aliphatic hydroxyl groups is 1. The fourth-order valence-corrected chi connectivity index (χ4v) is 2.54. The molecule has 0 aliphatic heterocycles. The molecule has 1 unspecified atom stereocenters. The molecule has 18 heavy (non-hydrogen) atoms. The van der Waals surface area contributed by atoms with Gasteiger partial charge in [0.05, 0.1) is 24.3 Å². The first-order valence-corrected chi connectivity index (χ1v) is 6.77. The molecule has 3 N–H and O–H groups in total. The van der Waals surface area contributed by atoms with Gasteiger partial charge in [0.1, 0.15) is 0 Å². The summed E-state index contributed by atoms with van der Waals surface area (Å²) in [6, 6.07) is 6.68. The zero-order valence-electron chi connectivity index (χ0n) is 9.66. The lowest BCUT2D eigenvalue weighted by Gasteiger charge is -2.13. The maximum Gasteiger partial charge on any atom is 0.278 e. The summed E-state index contributed by atoms with van der Waals surface area (Å²) in [6.07, 6.45) is 1.74. The summed E-state index contributed by atoms with van der Waals surface area (Å²) in [5.74, 6) is 0. The van der Waals surface area contributed by atoms with Gasteiger partial charge in [0, 0.05) is 5.56 Å². The highest BCUT2D eigenvalue weighted by Crippen LogP contribution is 2.24. The van der Waals surface area contributed by atoms with Crippen LogP contribution in [0.5, 0.6) is 0 Å². The van der Waals surface area contributed by atoms with Crippen molar-refractivity contribution in [3.05, 3.63) is 42.4 Å². The van der Waals surface area contributed by atoms with E-state index in [-0.39, 0.29) is 5.03 Å². The molecular weight excluding hydrogens is 254 g/mol. The summed E-state index contributed by atoms with van der Waals surface area (Å²) >= 11 is 0. The number of sulfonamides is 1. The van der Waals surface area contributed by atoms with E-state index in [1.165, 1.54) is 12.5 Å². The number of imidazole rings is 1. The van der Waals surface area contributed by atoms with Crippen molar-refractivity contribution < 1.29 is 13.5 Å². The van der Waals surface area contributed by atoms with Crippen LogP contribution in [0, 0.1) is 0 Å². The van der Waals surface area contributed by atoms with Gasteiger partial charge in [-0.1, -0.05) is 18.2 Å². The van der Waals surface area contributed by atoms with Crippen molar-refractivity contribution in [1.82, 2.24) is 9.97 Å². The number of para-hydroxylation sites is 1. The van der Waals surface area contributed by atoms with Gasteiger partial charge >= 0.3 is 0 Å². The van der Waals surface area contributed by atoms with Crippen molar-refractivity contribution in [3.63, 3.8) is 0 Å². The second-order valence-corrected chi connectivity index (χ2v) is 5.44. The minimum atomic E-state index is -3.71. The standard InChI is InChI=1S/C11H13N3O3S/c1-8(15)9-4-2-3-5-10(9)14-18(16,17)11-6-12-7-13-11/h2-8,14-15H,1H3,(H,12,13). The number of benzene rings is 1. The molecule has 0 bridgehead atoms. The molecule has 1 atom stereocenters. The van der Waals surface area contributed by atoms with Crippen LogP contribution in [0.3, 0.4) is 0 Å². The predicted molar refractivity (Wildman–Crippen MR) is 66.5 cm³/mol. The van der Waals surface area contributed by atoms with Crippen molar-refractivity contribution in [3.8, 4) is 0 Å². The van der Waals surface area contributed by atoms with Crippen LogP contribution in [-0.2, 0) is 10.0 Å². The highest BCUT2D eigenvalue weighted by molar-refractivity contribution is 7.92. The van der Waals surface area contributed by atoms with E-state index in [4.69, 9.17) is 0 Å². The molecule has 7 heteroatoms. The molecule has 0 aliphatic rings. The molecule has 0 aliphatic carbocycles. The highest BCUT2D eigenvalue weighted by Gasteiger charge is 2.18. The number of nitrogens with one attached hydrogen (secondary N) is 2. The molecule has 0 saturated heterocycles. The Morgan fingerprint density at radius 3 is 2.72 bits per heavy atom. The second-order valence-electron chi connectivity index (χ2n) is 3.78. The van der Waals surface area contributed by atoms with Crippen molar-refractivity contribution in [2.45, 2.75) is 18.1 Å². The van der Waals surface area contributed by atoms with Gasteiger partial charge in [-0.05, 0) is 13.0 Å². The third-order valence-corrected chi connectivity index (χ3v) is 3.71. The summed E-state index contributed by atoms with van der Waals surface area (Å²) in [7, 11) is -3.71. The Morgan fingerprint density at radius 2 is 2.11 bits per heavy atom. The molecule has 0 fully saturated rings. The Bertz CT molecular complexity index is 621. The number of aliphatic hydroxyl groups excluding tert-OH is 1. The number of hydrogen-bond acceptors (Lipinski definition) is 4. The summed E-state index contributed by atoms with van der Waals surface area (Å²) in [5, 5.41) is 9.55. The Morgan fingerprint density at radius 1 is 1.39 bits per heavy atom. The van der Waals surface area contributed by atoms with E-state index >= 15 is 0 Å². The molecule has 96 valence electrons. The quantitative estimate of drug-likeness (QED) is 0.777. The molecule has 1 heterocycles. The number of aromatic nitrogens is 2. The number of nitrogens with zero attached hydrogens (tertiary/aromatic N) is 1. The normalized spacial score (nSPS) is 13.2. The van der Waals surface area contributed by atoms with Gasteiger partial charge in [-0.2, -0.15) is 8.42 Å². The van der Waals surface area contributed by atoms with Crippen LogP contribution in [0.15, 0.2) is 41.8 Å². The maximum absolute atomic E-state index is 12.0. The summed E-state index contributed by atoms with van der Waals surface area (Å²) in [6.45, 7) is 1.57. The first-order chi connectivity index (χ1) is 8.50. The van der Waals surface area contributed by atoms with Crippen LogP contribution in [0.1, 0.15) is 18.6 Å². The molecule has 2 aromatic rings. The van der Waals surface area contributed by atoms with Crippen LogP contribution in [-0.4, -0.2) is 23.5 Å².